The topological polar surface area (TPSA) is 42.0 Å². The van der Waals surface area contributed by atoms with Gasteiger partial charge in [-0.1, -0.05) is 42.3 Å². The van der Waals surface area contributed by atoms with Crippen molar-refractivity contribution in [3.63, 3.8) is 0 Å². The molecule has 0 bridgehead atoms. The highest BCUT2D eigenvalue weighted by atomic mass is 35.5. The molecule has 1 heterocycles. The quantitative estimate of drug-likeness (QED) is 0.688. The lowest BCUT2D eigenvalue weighted by Gasteiger charge is -2.24. The summed E-state index contributed by atoms with van der Waals surface area (Å²) < 4.78 is 10.8. The first-order chi connectivity index (χ1) is 13.0. The van der Waals surface area contributed by atoms with Crippen LogP contribution in [0.1, 0.15) is 18.1 Å². The van der Waals surface area contributed by atoms with Crippen molar-refractivity contribution in [1.82, 2.24) is 9.80 Å². The molecule has 3 rings (SSSR count). The Bertz CT molecular complexity index is 829. The van der Waals surface area contributed by atoms with Crippen molar-refractivity contribution in [2.45, 2.75) is 20.0 Å². The second-order valence-corrected chi connectivity index (χ2v) is 7.30. The second-order valence-electron chi connectivity index (χ2n) is 6.49. The van der Waals surface area contributed by atoms with E-state index in [1.807, 2.05) is 31.2 Å². The fourth-order valence-corrected chi connectivity index (χ4v) is 3.21. The zero-order valence-corrected chi connectivity index (χ0v) is 16.9. The Kier molecular flexibility index (Phi) is 6.47. The average molecular weight is 409 g/mol. The number of benzene rings is 2. The van der Waals surface area contributed by atoms with Crippen LogP contribution in [-0.2, 0) is 17.9 Å². The molecule has 7 heteroatoms. The van der Waals surface area contributed by atoms with Crippen molar-refractivity contribution in [1.29, 1.82) is 0 Å². The lowest BCUT2D eigenvalue weighted by atomic mass is 10.2. The summed E-state index contributed by atoms with van der Waals surface area (Å²) in [6, 6.07) is 11.3. The zero-order valence-electron chi connectivity index (χ0n) is 15.4. The number of fused-ring (bicyclic) bond motifs is 1. The minimum atomic E-state index is 0.0451. The molecule has 0 aliphatic carbocycles. The van der Waals surface area contributed by atoms with Crippen LogP contribution >= 0.6 is 23.2 Å². The number of rotatable bonds is 7. The summed E-state index contributed by atoms with van der Waals surface area (Å²) in [5, 5.41) is 1.00. The summed E-state index contributed by atoms with van der Waals surface area (Å²) in [4.78, 5) is 16.4. The largest absolute Gasteiger partial charge is 0.454 e. The Morgan fingerprint density at radius 1 is 1.00 bits per heavy atom. The predicted molar refractivity (Wildman–Crippen MR) is 106 cm³/mol. The van der Waals surface area contributed by atoms with Crippen molar-refractivity contribution < 1.29 is 14.3 Å². The highest BCUT2D eigenvalue weighted by Gasteiger charge is 2.17. The summed E-state index contributed by atoms with van der Waals surface area (Å²) in [6.45, 7) is 4.55. The summed E-state index contributed by atoms with van der Waals surface area (Å²) >= 11 is 12.0. The normalized spacial score (nSPS) is 12.5. The van der Waals surface area contributed by atoms with Gasteiger partial charge in [-0.3, -0.25) is 9.69 Å². The van der Waals surface area contributed by atoms with Crippen molar-refractivity contribution in [3.8, 4) is 11.5 Å². The minimum Gasteiger partial charge on any atom is -0.454 e. The van der Waals surface area contributed by atoms with Gasteiger partial charge >= 0.3 is 0 Å². The molecule has 0 spiro atoms. The number of hydrogen-bond acceptors (Lipinski definition) is 4. The van der Waals surface area contributed by atoms with Crippen LogP contribution in [0.4, 0.5) is 0 Å². The summed E-state index contributed by atoms with van der Waals surface area (Å²) in [5.41, 5.74) is 2.03. The number of ether oxygens (including phenoxy) is 2. The minimum absolute atomic E-state index is 0.0451. The molecule has 27 heavy (non-hydrogen) atoms. The van der Waals surface area contributed by atoms with Gasteiger partial charge in [0.25, 0.3) is 0 Å². The fourth-order valence-electron chi connectivity index (χ4n) is 2.89. The molecule has 0 unspecified atom stereocenters. The molecule has 0 saturated carbocycles. The number of hydrogen-bond donors (Lipinski definition) is 0. The molecule has 0 saturated heterocycles. The molecule has 0 N–H and O–H groups in total. The fraction of sp³-hybridized carbons (Fsp3) is 0.350. The van der Waals surface area contributed by atoms with Crippen LogP contribution in [0.3, 0.4) is 0 Å². The van der Waals surface area contributed by atoms with E-state index in [9.17, 15) is 4.79 Å². The van der Waals surface area contributed by atoms with E-state index in [2.05, 4.69) is 4.90 Å². The van der Waals surface area contributed by atoms with Crippen molar-refractivity contribution in [2.24, 2.45) is 0 Å². The third kappa shape index (κ3) is 5.06. The molecule has 1 aliphatic rings. The summed E-state index contributed by atoms with van der Waals surface area (Å²) in [6.07, 6.45) is 0. The van der Waals surface area contributed by atoms with Crippen molar-refractivity contribution in [3.05, 3.63) is 57.6 Å². The van der Waals surface area contributed by atoms with E-state index in [-0.39, 0.29) is 12.7 Å². The van der Waals surface area contributed by atoms with Gasteiger partial charge in [-0.2, -0.15) is 0 Å². The first kappa shape index (κ1) is 19.8. The van der Waals surface area contributed by atoms with E-state index in [4.69, 9.17) is 32.7 Å². The average Bonchev–Trinajstić information content (AvgIpc) is 3.11. The molecular weight excluding hydrogens is 387 g/mol. The van der Waals surface area contributed by atoms with Gasteiger partial charge in [0, 0.05) is 20.1 Å². The van der Waals surface area contributed by atoms with E-state index in [1.54, 1.807) is 24.1 Å². The number of carbonyl (C=O) groups is 1. The van der Waals surface area contributed by atoms with Crippen LogP contribution < -0.4 is 9.47 Å². The molecule has 144 valence electrons. The molecule has 0 atom stereocenters. The molecule has 5 nitrogen and oxygen atoms in total. The van der Waals surface area contributed by atoms with Crippen LogP contribution in [0.2, 0.25) is 10.0 Å². The molecule has 1 amide bonds. The van der Waals surface area contributed by atoms with Gasteiger partial charge in [-0.25, -0.2) is 0 Å². The number of likely N-dealkylation sites (N-methyl/N-ethyl adjacent to an activating group) is 2. The van der Waals surface area contributed by atoms with E-state index >= 15 is 0 Å². The Morgan fingerprint density at radius 2 is 1.70 bits per heavy atom. The van der Waals surface area contributed by atoms with E-state index in [1.165, 1.54) is 0 Å². The lowest BCUT2D eigenvalue weighted by Crippen LogP contribution is -2.37. The van der Waals surface area contributed by atoms with Crippen LogP contribution in [0, 0.1) is 0 Å². The molecule has 0 fully saturated rings. The second kappa shape index (κ2) is 8.83. The Morgan fingerprint density at radius 3 is 2.44 bits per heavy atom. The van der Waals surface area contributed by atoms with Gasteiger partial charge in [0.2, 0.25) is 12.7 Å². The van der Waals surface area contributed by atoms with E-state index in [0.29, 0.717) is 29.7 Å². The first-order valence-electron chi connectivity index (χ1n) is 8.75. The van der Waals surface area contributed by atoms with Crippen LogP contribution in [-0.4, -0.2) is 42.6 Å². The Balaban J connectivity index is 1.58. The highest BCUT2D eigenvalue weighted by molar-refractivity contribution is 6.42. The maximum Gasteiger partial charge on any atom is 0.236 e. The third-order valence-electron chi connectivity index (χ3n) is 4.48. The van der Waals surface area contributed by atoms with Crippen molar-refractivity contribution >= 4 is 29.1 Å². The molecule has 0 aromatic heterocycles. The van der Waals surface area contributed by atoms with E-state index < -0.39 is 0 Å². The van der Waals surface area contributed by atoms with Crippen molar-refractivity contribution in [2.75, 3.05) is 26.9 Å². The predicted octanol–water partition coefficient (Wildman–Crippen LogP) is 4.20. The van der Waals surface area contributed by atoms with Crippen LogP contribution in [0.25, 0.3) is 0 Å². The molecule has 2 aromatic rings. The van der Waals surface area contributed by atoms with Gasteiger partial charge < -0.3 is 14.4 Å². The Hall–Kier alpha value is -1.95. The lowest BCUT2D eigenvalue weighted by molar-refractivity contribution is -0.131. The van der Waals surface area contributed by atoms with Gasteiger partial charge in [0.05, 0.1) is 16.6 Å². The van der Waals surface area contributed by atoms with Crippen LogP contribution in [0.15, 0.2) is 36.4 Å². The van der Waals surface area contributed by atoms with Gasteiger partial charge in [0.1, 0.15) is 0 Å². The van der Waals surface area contributed by atoms with Gasteiger partial charge in [0.15, 0.2) is 11.5 Å². The smallest absolute Gasteiger partial charge is 0.236 e. The maximum atomic E-state index is 12.6. The summed E-state index contributed by atoms with van der Waals surface area (Å²) in [5.74, 6) is 1.56. The van der Waals surface area contributed by atoms with E-state index in [0.717, 1.165) is 29.2 Å². The first-order valence-corrected chi connectivity index (χ1v) is 9.50. The van der Waals surface area contributed by atoms with Gasteiger partial charge in [-0.15, -0.1) is 0 Å². The molecule has 1 aliphatic heterocycles. The zero-order chi connectivity index (χ0) is 19.4. The standard InChI is InChI=1S/C20H22Cl2N2O3/c1-3-24(11-15-5-7-18-19(9-15)27-13-26-18)12-20(25)23(2)10-14-4-6-16(21)17(22)8-14/h4-9H,3,10-13H2,1-2H3. The molecule has 2 aromatic carbocycles. The SMILES string of the molecule is CCN(CC(=O)N(C)Cc1ccc(Cl)c(Cl)c1)Cc1ccc2c(c1)OCO2. The maximum absolute atomic E-state index is 12.6. The number of carbonyl (C=O) groups excluding carboxylic acids is 1. The highest BCUT2D eigenvalue weighted by Crippen LogP contribution is 2.32. The monoisotopic (exact) mass is 408 g/mol. The third-order valence-corrected chi connectivity index (χ3v) is 5.22. The van der Waals surface area contributed by atoms with Crippen LogP contribution in [0.5, 0.6) is 11.5 Å². The number of amides is 1. The molecule has 0 radical (unpaired) electrons. The number of nitrogens with zero attached hydrogens (tertiary/aromatic N) is 2. The summed E-state index contributed by atoms with van der Waals surface area (Å²) in [7, 11) is 1.79. The Labute approximate surface area is 169 Å². The van der Waals surface area contributed by atoms with Gasteiger partial charge in [-0.05, 0) is 41.9 Å². The molecular formula is C20H22Cl2N2O3. The number of halogens is 2.